The molecule has 4 rings (SSSR count). The third-order valence-electron chi connectivity index (χ3n) is 4.09. The van der Waals surface area contributed by atoms with Crippen LogP contribution in [0.25, 0.3) is 10.9 Å². The predicted molar refractivity (Wildman–Crippen MR) is 87.8 cm³/mol. The van der Waals surface area contributed by atoms with Crippen molar-refractivity contribution in [1.82, 2.24) is 15.1 Å². The van der Waals surface area contributed by atoms with Gasteiger partial charge in [-0.15, -0.1) is 11.3 Å². The lowest BCUT2D eigenvalue weighted by molar-refractivity contribution is 0.691. The van der Waals surface area contributed by atoms with Gasteiger partial charge in [-0.1, -0.05) is 18.2 Å². The van der Waals surface area contributed by atoms with Crippen molar-refractivity contribution >= 4 is 22.2 Å². The van der Waals surface area contributed by atoms with Crippen LogP contribution in [0.2, 0.25) is 0 Å². The van der Waals surface area contributed by atoms with Gasteiger partial charge in [0.2, 0.25) is 0 Å². The zero-order valence-corrected chi connectivity index (χ0v) is 13.0. The number of rotatable bonds is 5. The highest BCUT2D eigenvalue weighted by Crippen LogP contribution is 2.25. The number of thiophene rings is 1. The van der Waals surface area contributed by atoms with Crippen LogP contribution in [-0.2, 0) is 13.1 Å². The molecule has 21 heavy (non-hydrogen) atoms. The van der Waals surface area contributed by atoms with Crippen molar-refractivity contribution in [3.05, 3.63) is 51.8 Å². The first-order valence-electron chi connectivity index (χ1n) is 7.52. The van der Waals surface area contributed by atoms with E-state index in [2.05, 4.69) is 52.4 Å². The first-order chi connectivity index (χ1) is 10.3. The van der Waals surface area contributed by atoms with Gasteiger partial charge in [-0.3, -0.25) is 4.68 Å². The Kier molecular flexibility index (Phi) is 3.28. The molecular weight excluding hydrogens is 278 g/mol. The van der Waals surface area contributed by atoms with E-state index in [9.17, 15) is 0 Å². The summed E-state index contributed by atoms with van der Waals surface area (Å²) < 4.78 is 2.10. The Morgan fingerprint density at radius 3 is 3.05 bits per heavy atom. The van der Waals surface area contributed by atoms with Crippen LogP contribution in [0.15, 0.2) is 36.5 Å². The molecule has 2 aromatic heterocycles. The SMILES string of the molecule is Cc1sc(CNC2CC2)cc1Cn1ncc2ccccc21. The summed E-state index contributed by atoms with van der Waals surface area (Å²) in [6.07, 6.45) is 4.64. The molecule has 108 valence electrons. The van der Waals surface area contributed by atoms with Crippen LogP contribution in [0.4, 0.5) is 0 Å². The van der Waals surface area contributed by atoms with Crippen LogP contribution < -0.4 is 5.32 Å². The van der Waals surface area contributed by atoms with Crippen molar-refractivity contribution in [1.29, 1.82) is 0 Å². The minimum absolute atomic E-state index is 0.769. The number of aryl methyl sites for hydroxylation is 1. The lowest BCUT2D eigenvalue weighted by Gasteiger charge is -2.03. The monoisotopic (exact) mass is 297 g/mol. The Hall–Kier alpha value is -1.65. The van der Waals surface area contributed by atoms with E-state index in [1.807, 2.05) is 17.5 Å². The molecule has 0 unspecified atom stereocenters. The maximum absolute atomic E-state index is 4.53. The molecule has 0 amide bonds. The molecular formula is C17H19N3S. The van der Waals surface area contributed by atoms with E-state index in [-0.39, 0.29) is 0 Å². The molecule has 3 aromatic rings. The molecule has 0 bridgehead atoms. The zero-order valence-electron chi connectivity index (χ0n) is 12.2. The van der Waals surface area contributed by atoms with Gasteiger partial charge in [-0.25, -0.2) is 0 Å². The predicted octanol–water partition coefficient (Wildman–Crippen LogP) is 3.71. The average molecular weight is 297 g/mol. The van der Waals surface area contributed by atoms with Crippen molar-refractivity contribution in [3.8, 4) is 0 Å². The zero-order chi connectivity index (χ0) is 14.2. The van der Waals surface area contributed by atoms with Gasteiger partial charge in [0.05, 0.1) is 18.3 Å². The summed E-state index contributed by atoms with van der Waals surface area (Å²) in [5, 5.41) is 9.33. The number of nitrogens with one attached hydrogen (secondary N) is 1. The number of fused-ring (bicyclic) bond motifs is 1. The summed E-state index contributed by atoms with van der Waals surface area (Å²) in [6.45, 7) is 4.08. The Bertz CT molecular complexity index is 767. The minimum atomic E-state index is 0.769. The van der Waals surface area contributed by atoms with Gasteiger partial charge in [0, 0.05) is 27.7 Å². The lowest BCUT2D eigenvalue weighted by atomic mass is 10.2. The van der Waals surface area contributed by atoms with Crippen LogP contribution in [0, 0.1) is 6.92 Å². The molecule has 1 aromatic carbocycles. The van der Waals surface area contributed by atoms with Crippen LogP contribution in [0.5, 0.6) is 0 Å². The van der Waals surface area contributed by atoms with Gasteiger partial charge in [0.25, 0.3) is 0 Å². The van der Waals surface area contributed by atoms with Crippen molar-refractivity contribution in [3.63, 3.8) is 0 Å². The van der Waals surface area contributed by atoms with E-state index in [1.54, 1.807) is 0 Å². The van der Waals surface area contributed by atoms with E-state index in [1.165, 1.54) is 39.1 Å². The second-order valence-corrected chi connectivity index (χ2v) is 7.15. The van der Waals surface area contributed by atoms with Crippen molar-refractivity contribution in [2.75, 3.05) is 0 Å². The molecule has 3 nitrogen and oxygen atoms in total. The van der Waals surface area contributed by atoms with Gasteiger partial charge in [-0.05, 0) is 37.5 Å². The quantitative estimate of drug-likeness (QED) is 0.778. The summed E-state index contributed by atoms with van der Waals surface area (Å²) >= 11 is 1.91. The molecule has 0 spiro atoms. The molecule has 1 saturated carbocycles. The molecule has 1 N–H and O–H groups in total. The summed E-state index contributed by atoms with van der Waals surface area (Å²) in [5.74, 6) is 0. The van der Waals surface area contributed by atoms with Crippen LogP contribution in [-0.4, -0.2) is 15.8 Å². The van der Waals surface area contributed by atoms with E-state index in [4.69, 9.17) is 0 Å². The number of para-hydroxylation sites is 1. The third-order valence-corrected chi connectivity index (χ3v) is 5.18. The molecule has 0 atom stereocenters. The fourth-order valence-electron chi connectivity index (χ4n) is 2.68. The summed E-state index contributed by atoms with van der Waals surface area (Å²) in [5.41, 5.74) is 2.60. The van der Waals surface area contributed by atoms with Crippen molar-refractivity contribution < 1.29 is 0 Å². The van der Waals surface area contributed by atoms with E-state index in [0.717, 1.165) is 19.1 Å². The number of hydrogen-bond donors (Lipinski definition) is 1. The van der Waals surface area contributed by atoms with Gasteiger partial charge >= 0.3 is 0 Å². The molecule has 0 radical (unpaired) electrons. The average Bonchev–Trinajstić information content (AvgIpc) is 3.15. The molecule has 2 heterocycles. The van der Waals surface area contributed by atoms with Crippen LogP contribution >= 0.6 is 11.3 Å². The molecule has 0 saturated heterocycles. The standard InChI is InChI=1S/C17H19N3S/c1-12-14(8-16(21-12)10-18-15-6-7-15)11-20-17-5-3-2-4-13(17)9-19-20/h2-5,8-9,15,18H,6-7,10-11H2,1H3. The molecule has 1 aliphatic carbocycles. The maximum atomic E-state index is 4.53. The molecule has 1 fully saturated rings. The second kappa shape index (κ2) is 5.28. The Morgan fingerprint density at radius 1 is 1.33 bits per heavy atom. The smallest absolute Gasteiger partial charge is 0.0686 e. The first kappa shape index (κ1) is 13.0. The fourth-order valence-corrected chi connectivity index (χ4v) is 3.68. The summed E-state index contributed by atoms with van der Waals surface area (Å²) in [4.78, 5) is 2.84. The summed E-state index contributed by atoms with van der Waals surface area (Å²) in [7, 11) is 0. The topological polar surface area (TPSA) is 29.9 Å². The van der Waals surface area contributed by atoms with Crippen molar-refractivity contribution in [2.45, 2.75) is 38.9 Å². The second-order valence-electron chi connectivity index (χ2n) is 5.81. The minimum Gasteiger partial charge on any atom is -0.309 e. The largest absolute Gasteiger partial charge is 0.309 e. The normalized spacial score (nSPS) is 14.9. The Morgan fingerprint density at radius 2 is 2.19 bits per heavy atom. The van der Waals surface area contributed by atoms with E-state index < -0.39 is 0 Å². The highest BCUT2D eigenvalue weighted by Gasteiger charge is 2.20. The number of aromatic nitrogens is 2. The lowest BCUT2D eigenvalue weighted by Crippen LogP contribution is -2.14. The number of benzene rings is 1. The molecule has 0 aliphatic heterocycles. The highest BCUT2D eigenvalue weighted by molar-refractivity contribution is 7.12. The maximum Gasteiger partial charge on any atom is 0.0686 e. The number of nitrogens with zero attached hydrogens (tertiary/aromatic N) is 2. The van der Waals surface area contributed by atoms with Crippen LogP contribution in [0.3, 0.4) is 0 Å². The van der Waals surface area contributed by atoms with E-state index >= 15 is 0 Å². The Balaban J connectivity index is 1.55. The van der Waals surface area contributed by atoms with Gasteiger partial charge < -0.3 is 5.32 Å². The number of hydrogen-bond acceptors (Lipinski definition) is 3. The van der Waals surface area contributed by atoms with Crippen molar-refractivity contribution in [2.24, 2.45) is 0 Å². The third kappa shape index (κ3) is 2.74. The first-order valence-corrected chi connectivity index (χ1v) is 8.33. The highest BCUT2D eigenvalue weighted by atomic mass is 32.1. The molecule has 1 aliphatic rings. The van der Waals surface area contributed by atoms with Gasteiger partial charge in [0.15, 0.2) is 0 Å². The van der Waals surface area contributed by atoms with Crippen LogP contribution in [0.1, 0.15) is 28.2 Å². The van der Waals surface area contributed by atoms with E-state index in [0.29, 0.717) is 0 Å². The molecule has 4 heteroatoms. The summed E-state index contributed by atoms with van der Waals surface area (Å²) in [6, 6.07) is 11.5. The van der Waals surface area contributed by atoms with Gasteiger partial charge in [0.1, 0.15) is 0 Å². The van der Waals surface area contributed by atoms with Gasteiger partial charge in [-0.2, -0.15) is 5.10 Å². The fraction of sp³-hybridized carbons (Fsp3) is 0.353. The Labute approximate surface area is 128 Å².